The van der Waals surface area contributed by atoms with E-state index in [1.165, 1.54) is 0 Å². The summed E-state index contributed by atoms with van der Waals surface area (Å²) >= 11 is 5.31. The molecule has 6 heteroatoms. The number of aliphatic hydroxyl groups excluding tert-OH is 1. The van der Waals surface area contributed by atoms with Gasteiger partial charge in [-0.2, -0.15) is 0 Å². The molecular formula is C17H23N3O2S. The van der Waals surface area contributed by atoms with Crippen LogP contribution in [0.5, 0.6) is 0 Å². The van der Waals surface area contributed by atoms with Crippen LogP contribution >= 0.6 is 12.2 Å². The van der Waals surface area contributed by atoms with Crippen molar-refractivity contribution in [1.82, 2.24) is 15.2 Å². The molecular weight excluding hydrogens is 310 g/mol. The van der Waals surface area contributed by atoms with Crippen molar-refractivity contribution in [1.29, 1.82) is 0 Å². The number of pyridine rings is 1. The molecule has 23 heavy (non-hydrogen) atoms. The Labute approximate surface area is 141 Å². The first-order valence-electron chi connectivity index (χ1n) is 7.73. The molecule has 1 aromatic heterocycles. The van der Waals surface area contributed by atoms with E-state index < -0.39 is 0 Å². The number of benzene rings is 1. The molecule has 0 fully saturated rings. The number of aromatic amines is 1. The minimum atomic E-state index is -0.119. The molecule has 2 aromatic rings. The summed E-state index contributed by atoms with van der Waals surface area (Å²) in [5, 5.41) is 13.8. The van der Waals surface area contributed by atoms with Gasteiger partial charge in [0.15, 0.2) is 5.11 Å². The molecule has 1 heterocycles. The molecule has 0 radical (unpaired) electrons. The summed E-state index contributed by atoms with van der Waals surface area (Å²) in [6, 6.07) is 6.02. The third kappa shape index (κ3) is 4.09. The lowest BCUT2D eigenvalue weighted by Crippen LogP contribution is -2.41. The normalized spacial score (nSPS) is 10.8. The summed E-state index contributed by atoms with van der Waals surface area (Å²) < 4.78 is 0. The minimum absolute atomic E-state index is 0.0186. The molecule has 2 rings (SSSR count). The van der Waals surface area contributed by atoms with Crippen molar-refractivity contribution in [2.75, 3.05) is 19.7 Å². The minimum Gasteiger partial charge on any atom is -0.395 e. The Balaban J connectivity index is 2.40. The molecule has 124 valence electrons. The largest absolute Gasteiger partial charge is 0.395 e. The van der Waals surface area contributed by atoms with Crippen LogP contribution in [0.25, 0.3) is 10.9 Å². The molecule has 1 aromatic carbocycles. The highest BCUT2D eigenvalue weighted by molar-refractivity contribution is 7.80. The van der Waals surface area contributed by atoms with Gasteiger partial charge in [-0.1, -0.05) is 11.6 Å². The number of fused-ring (bicyclic) bond motifs is 1. The van der Waals surface area contributed by atoms with E-state index in [2.05, 4.69) is 22.4 Å². The molecule has 0 saturated carbocycles. The van der Waals surface area contributed by atoms with Gasteiger partial charge in [-0.15, -0.1) is 0 Å². The zero-order valence-electron chi connectivity index (χ0n) is 13.8. The molecule has 0 atom stereocenters. The first-order valence-corrected chi connectivity index (χ1v) is 8.14. The molecule has 0 spiro atoms. The van der Waals surface area contributed by atoms with E-state index in [4.69, 9.17) is 12.2 Å². The lowest BCUT2D eigenvalue weighted by molar-refractivity contribution is 0.245. The summed E-state index contributed by atoms with van der Waals surface area (Å²) in [6.07, 6.45) is 0. The van der Waals surface area contributed by atoms with Gasteiger partial charge in [-0.3, -0.25) is 4.79 Å². The Morgan fingerprint density at radius 3 is 2.74 bits per heavy atom. The number of nitrogens with one attached hydrogen (secondary N) is 2. The maximum atomic E-state index is 12.4. The van der Waals surface area contributed by atoms with Gasteiger partial charge in [0.1, 0.15) is 0 Å². The topological polar surface area (TPSA) is 68.4 Å². The average molecular weight is 333 g/mol. The number of aryl methyl sites for hydroxylation is 2. The molecule has 0 saturated heterocycles. The first kappa shape index (κ1) is 17.4. The highest BCUT2D eigenvalue weighted by Gasteiger charge is 2.13. The zero-order chi connectivity index (χ0) is 17.0. The van der Waals surface area contributed by atoms with Crippen molar-refractivity contribution in [2.24, 2.45) is 0 Å². The van der Waals surface area contributed by atoms with Crippen molar-refractivity contribution in [2.45, 2.75) is 27.3 Å². The summed E-state index contributed by atoms with van der Waals surface area (Å²) in [4.78, 5) is 17.1. The van der Waals surface area contributed by atoms with Gasteiger partial charge < -0.3 is 20.3 Å². The fourth-order valence-electron chi connectivity index (χ4n) is 2.69. The van der Waals surface area contributed by atoms with E-state index >= 15 is 0 Å². The number of hydrogen-bond acceptors (Lipinski definition) is 3. The van der Waals surface area contributed by atoms with Crippen LogP contribution in [0.4, 0.5) is 0 Å². The average Bonchev–Trinajstić information content (AvgIpc) is 2.48. The third-order valence-corrected chi connectivity index (χ3v) is 4.12. The van der Waals surface area contributed by atoms with Gasteiger partial charge in [0.25, 0.3) is 5.56 Å². The highest BCUT2D eigenvalue weighted by Crippen LogP contribution is 2.18. The van der Waals surface area contributed by atoms with Gasteiger partial charge in [0, 0.05) is 18.7 Å². The number of thiocarbonyl (C=S) groups is 1. The molecule has 5 nitrogen and oxygen atoms in total. The number of H-pyrrole nitrogens is 1. The lowest BCUT2D eigenvalue weighted by atomic mass is 10.1. The van der Waals surface area contributed by atoms with Crippen molar-refractivity contribution in [3.05, 3.63) is 45.2 Å². The summed E-state index contributed by atoms with van der Waals surface area (Å²) in [5.74, 6) is 0. The molecule has 0 unspecified atom stereocenters. The second kappa shape index (κ2) is 7.57. The third-order valence-electron chi connectivity index (χ3n) is 3.72. The Morgan fingerprint density at radius 2 is 2.09 bits per heavy atom. The lowest BCUT2D eigenvalue weighted by Gasteiger charge is -2.24. The van der Waals surface area contributed by atoms with Crippen LogP contribution in [0.15, 0.2) is 23.0 Å². The van der Waals surface area contributed by atoms with Gasteiger partial charge in [-0.05, 0) is 56.1 Å². The second-order valence-electron chi connectivity index (χ2n) is 5.65. The van der Waals surface area contributed by atoms with Crippen LogP contribution in [-0.2, 0) is 6.54 Å². The molecule has 0 aliphatic carbocycles. The van der Waals surface area contributed by atoms with E-state index in [-0.39, 0.29) is 12.2 Å². The zero-order valence-corrected chi connectivity index (χ0v) is 14.6. The van der Waals surface area contributed by atoms with Crippen LogP contribution in [0, 0.1) is 13.8 Å². The van der Waals surface area contributed by atoms with E-state index in [1.54, 1.807) is 4.90 Å². The van der Waals surface area contributed by atoms with Gasteiger partial charge >= 0.3 is 0 Å². The molecule has 0 amide bonds. The van der Waals surface area contributed by atoms with Gasteiger partial charge in [-0.25, -0.2) is 0 Å². The Hall–Kier alpha value is -1.92. The Bertz CT molecular complexity index is 770. The summed E-state index contributed by atoms with van der Waals surface area (Å²) in [7, 11) is 0. The fourth-order valence-corrected chi connectivity index (χ4v) is 2.99. The quantitative estimate of drug-likeness (QED) is 0.729. The van der Waals surface area contributed by atoms with Crippen molar-refractivity contribution >= 4 is 28.2 Å². The van der Waals surface area contributed by atoms with Gasteiger partial charge in [0.05, 0.1) is 18.7 Å². The Morgan fingerprint density at radius 1 is 1.35 bits per heavy atom. The number of aliphatic hydroxyl groups is 1. The van der Waals surface area contributed by atoms with Crippen LogP contribution in [0.2, 0.25) is 0 Å². The second-order valence-corrected chi connectivity index (χ2v) is 6.04. The van der Waals surface area contributed by atoms with Crippen molar-refractivity contribution < 1.29 is 5.11 Å². The maximum Gasteiger partial charge on any atom is 0.253 e. The van der Waals surface area contributed by atoms with Crippen molar-refractivity contribution in [3.8, 4) is 0 Å². The number of hydrogen-bond donors (Lipinski definition) is 3. The molecule has 0 bridgehead atoms. The van der Waals surface area contributed by atoms with E-state index in [0.717, 1.165) is 22.0 Å². The van der Waals surface area contributed by atoms with Crippen LogP contribution in [0.3, 0.4) is 0 Å². The van der Waals surface area contributed by atoms with Gasteiger partial charge in [0.2, 0.25) is 0 Å². The van der Waals surface area contributed by atoms with Crippen molar-refractivity contribution in [3.63, 3.8) is 0 Å². The molecule has 3 N–H and O–H groups in total. The number of nitrogens with zero attached hydrogens (tertiary/aromatic N) is 1. The van der Waals surface area contributed by atoms with E-state index in [0.29, 0.717) is 30.3 Å². The monoisotopic (exact) mass is 333 g/mol. The highest BCUT2D eigenvalue weighted by atomic mass is 32.1. The standard InChI is InChI=1S/C17H23N3O2S/c1-4-18-17(23)20(5-6-21)10-14-9-13-8-11(2)7-12(3)15(13)19-16(14)22/h7-9,21H,4-6,10H2,1-3H3,(H,18,23)(H,19,22). The predicted octanol–water partition coefficient (Wildman–Crippen LogP) is 1.83. The SMILES string of the molecule is CCNC(=S)N(CCO)Cc1cc2cc(C)cc(C)c2[nH]c1=O. The van der Waals surface area contributed by atoms with E-state index in [1.807, 2.05) is 26.8 Å². The first-order chi connectivity index (χ1) is 11.0. The molecule has 0 aliphatic heterocycles. The maximum absolute atomic E-state index is 12.4. The van der Waals surface area contributed by atoms with Crippen LogP contribution < -0.4 is 10.9 Å². The number of rotatable bonds is 5. The summed E-state index contributed by atoms with van der Waals surface area (Å²) in [6.45, 7) is 7.42. The summed E-state index contributed by atoms with van der Waals surface area (Å²) in [5.41, 5.74) is 3.60. The Kier molecular flexibility index (Phi) is 5.74. The fraction of sp³-hybridized carbons (Fsp3) is 0.412. The smallest absolute Gasteiger partial charge is 0.253 e. The number of aromatic nitrogens is 1. The van der Waals surface area contributed by atoms with E-state index in [9.17, 15) is 9.90 Å². The molecule has 0 aliphatic rings. The van der Waals surface area contributed by atoms with Crippen LogP contribution in [-0.4, -0.2) is 39.8 Å². The van der Waals surface area contributed by atoms with Crippen LogP contribution in [0.1, 0.15) is 23.6 Å². The predicted molar refractivity (Wildman–Crippen MR) is 97.8 cm³/mol.